The Labute approximate surface area is 84.9 Å². The van der Waals surface area contributed by atoms with E-state index in [1.54, 1.807) is 0 Å². The highest BCUT2D eigenvalue weighted by Gasteiger charge is 2.10. The van der Waals surface area contributed by atoms with Gasteiger partial charge in [0.15, 0.2) is 0 Å². The van der Waals surface area contributed by atoms with Gasteiger partial charge in [-0.2, -0.15) is 0 Å². The Kier molecular flexibility index (Phi) is 2.99. The molecule has 3 nitrogen and oxygen atoms in total. The lowest BCUT2D eigenvalue weighted by molar-refractivity contribution is 0.577. The minimum absolute atomic E-state index is 0.528. The fourth-order valence-electron chi connectivity index (χ4n) is 1.88. The van der Waals surface area contributed by atoms with Crippen molar-refractivity contribution < 1.29 is 0 Å². The van der Waals surface area contributed by atoms with Gasteiger partial charge in [0, 0.05) is 19.6 Å². The van der Waals surface area contributed by atoms with E-state index in [-0.39, 0.29) is 0 Å². The molecule has 0 aliphatic carbocycles. The summed E-state index contributed by atoms with van der Waals surface area (Å²) in [7, 11) is 0. The lowest BCUT2D eigenvalue weighted by Gasteiger charge is -2.28. The van der Waals surface area contributed by atoms with Crippen molar-refractivity contribution in [2.75, 3.05) is 18.0 Å². The lowest BCUT2D eigenvalue weighted by atomic mass is 10.1. The number of rotatable bonds is 2. The Morgan fingerprint density at radius 2 is 2.00 bits per heavy atom. The van der Waals surface area contributed by atoms with Crippen LogP contribution in [0.2, 0.25) is 0 Å². The topological polar surface area (TPSA) is 42.1 Å². The molecule has 0 aromatic carbocycles. The van der Waals surface area contributed by atoms with E-state index in [0.29, 0.717) is 6.54 Å². The van der Waals surface area contributed by atoms with E-state index in [2.05, 4.69) is 16.0 Å². The molecule has 1 fully saturated rings. The molecule has 0 unspecified atom stereocenters. The number of nitrogens with zero attached hydrogens (tertiary/aromatic N) is 2. The van der Waals surface area contributed by atoms with Gasteiger partial charge in [-0.15, -0.1) is 0 Å². The molecular formula is C11H17N3. The van der Waals surface area contributed by atoms with Crippen LogP contribution in [0.25, 0.3) is 0 Å². The summed E-state index contributed by atoms with van der Waals surface area (Å²) < 4.78 is 0. The Morgan fingerprint density at radius 1 is 1.21 bits per heavy atom. The monoisotopic (exact) mass is 191 g/mol. The third kappa shape index (κ3) is 2.04. The predicted molar refractivity (Wildman–Crippen MR) is 58.2 cm³/mol. The normalized spacial score (nSPS) is 17.1. The highest BCUT2D eigenvalue weighted by Crippen LogP contribution is 2.18. The summed E-state index contributed by atoms with van der Waals surface area (Å²) in [5, 5.41) is 0. The predicted octanol–water partition coefficient (Wildman–Crippen LogP) is 1.53. The molecule has 3 heteroatoms. The standard InChI is InChI=1S/C11H17N3/c12-8-10-4-5-11(9-13-10)14-6-2-1-3-7-14/h4-5,9H,1-3,6-8,12H2. The van der Waals surface area contributed by atoms with E-state index in [0.717, 1.165) is 5.69 Å². The molecule has 0 bridgehead atoms. The van der Waals surface area contributed by atoms with E-state index >= 15 is 0 Å². The maximum absolute atomic E-state index is 5.50. The van der Waals surface area contributed by atoms with Gasteiger partial charge in [0.2, 0.25) is 0 Å². The molecule has 0 amide bonds. The fourth-order valence-corrected chi connectivity index (χ4v) is 1.88. The van der Waals surface area contributed by atoms with Gasteiger partial charge in [-0.05, 0) is 31.4 Å². The molecule has 1 aromatic heterocycles. The van der Waals surface area contributed by atoms with Gasteiger partial charge in [0.1, 0.15) is 0 Å². The van der Waals surface area contributed by atoms with Crippen molar-refractivity contribution in [3.63, 3.8) is 0 Å². The first-order chi connectivity index (χ1) is 6.90. The maximum atomic E-state index is 5.50. The van der Waals surface area contributed by atoms with E-state index in [1.807, 2.05) is 12.3 Å². The smallest absolute Gasteiger partial charge is 0.0552 e. The first-order valence-electron chi connectivity index (χ1n) is 5.30. The van der Waals surface area contributed by atoms with E-state index < -0.39 is 0 Å². The van der Waals surface area contributed by atoms with Crippen molar-refractivity contribution in [2.45, 2.75) is 25.8 Å². The molecule has 0 spiro atoms. The van der Waals surface area contributed by atoms with Crippen molar-refractivity contribution in [3.05, 3.63) is 24.0 Å². The lowest BCUT2D eigenvalue weighted by Crippen LogP contribution is -2.29. The maximum Gasteiger partial charge on any atom is 0.0552 e. The number of piperidine rings is 1. The molecule has 0 atom stereocenters. The van der Waals surface area contributed by atoms with Crippen molar-refractivity contribution in [1.29, 1.82) is 0 Å². The van der Waals surface area contributed by atoms with Crippen molar-refractivity contribution in [3.8, 4) is 0 Å². The molecular weight excluding hydrogens is 174 g/mol. The van der Waals surface area contributed by atoms with Crippen LogP contribution in [-0.4, -0.2) is 18.1 Å². The quantitative estimate of drug-likeness (QED) is 0.771. The molecule has 14 heavy (non-hydrogen) atoms. The van der Waals surface area contributed by atoms with Gasteiger partial charge in [0.25, 0.3) is 0 Å². The third-order valence-electron chi connectivity index (χ3n) is 2.74. The summed E-state index contributed by atoms with van der Waals surface area (Å²) in [4.78, 5) is 6.71. The first kappa shape index (κ1) is 9.46. The fraction of sp³-hybridized carbons (Fsp3) is 0.545. The molecule has 1 aromatic rings. The zero-order valence-electron chi connectivity index (χ0n) is 8.45. The van der Waals surface area contributed by atoms with Crippen molar-refractivity contribution >= 4 is 5.69 Å². The number of hydrogen-bond acceptors (Lipinski definition) is 3. The summed E-state index contributed by atoms with van der Waals surface area (Å²) in [5.41, 5.74) is 7.70. The number of hydrogen-bond donors (Lipinski definition) is 1. The van der Waals surface area contributed by atoms with Crippen LogP contribution in [0, 0.1) is 0 Å². The Balaban J connectivity index is 2.07. The largest absolute Gasteiger partial charge is 0.370 e. The van der Waals surface area contributed by atoms with Crippen LogP contribution >= 0.6 is 0 Å². The van der Waals surface area contributed by atoms with Crippen LogP contribution in [0.15, 0.2) is 18.3 Å². The molecule has 2 rings (SSSR count). The van der Waals surface area contributed by atoms with Gasteiger partial charge in [-0.25, -0.2) is 0 Å². The van der Waals surface area contributed by atoms with Crippen LogP contribution in [-0.2, 0) is 6.54 Å². The second-order valence-corrected chi connectivity index (χ2v) is 3.76. The molecule has 2 N–H and O–H groups in total. The Hall–Kier alpha value is -1.09. The van der Waals surface area contributed by atoms with Gasteiger partial charge >= 0.3 is 0 Å². The molecule has 1 aliphatic rings. The summed E-state index contributed by atoms with van der Waals surface area (Å²) in [6.07, 6.45) is 5.91. The summed E-state index contributed by atoms with van der Waals surface area (Å²) in [6.45, 7) is 2.87. The van der Waals surface area contributed by atoms with Gasteiger partial charge < -0.3 is 10.6 Å². The molecule has 0 saturated carbocycles. The van der Waals surface area contributed by atoms with Crippen molar-refractivity contribution in [1.82, 2.24) is 4.98 Å². The van der Waals surface area contributed by atoms with Crippen LogP contribution in [0.5, 0.6) is 0 Å². The number of nitrogens with two attached hydrogens (primary N) is 1. The van der Waals surface area contributed by atoms with Gasteiger partial charge in [-0.3, -0.25) is 4.98 Å². The SMILES string of the molecule is NCc1ccc(N2CCCCC2)cn1. The molecule has 1 saturated heterocycles. The average molecular weight is 191 g/mol. The third-order valence-corrected chi connectivity index (χ3v) is 2.74. The highest BCUT2D eigenvalue weighted by molar-refractivity contribution is 5.44. The van der Waals surface area contributed by atoms with Crippen LogP contribution in [0.1, 0.15) is 25.0 Å². The molecule has 76 valence electrons. The first-order valence-corrected chi connectivity index (χ1v) is 5.30. The number of pyridine rings is 1. The Bertz CT molecular complexity index is 275. The van der Waals surface area contributed by atoms with Crippen LogP contribution in [0.3, 0.4) is 0 Å². The minimum Gasteiger partial charge on any atom is -0.370 e. The summed E-state index contributed by atoms with van der Waals surface area (Å²) in [5.74, 6) is 0. The van der Waals surface area contributed by atoms with Crippen LogP contribution < -0.4 is 10.6 Å². The second-order valence-electron chi connectivity index (χ2n) is 3.76. The molecule has 2 heterocycles. The number of anilines is 1. The molecule has 1 aliphatic heterocycles. The highest BCUT2D eigenvalue weighted by atomic mass is 15.1. The van der Waals surface area contributed by atoms with E-state index in [9.17, 15) is 0 Å². The Morgan fingerprint density at radius 3 is 2.57 bits per heavy atom. The van der Waals surface area contributed by atoms with E-state index in [4.69, 9.17) is 5.73 Å². The van der Waals surface area contributed by atoms with Gasteiger partial charge in [-0.1, -0.05) is 0 Å². The summed E-state index contributed by atoms with van der Waals surface area (Å²) in [6, 6.07) is 4.14. The zero-order chi connectivity index (χ0) is 9.80. The molecule has 0 radical (unpaired) electrons. The summed E-state index contributed by atoms with van der Waals surface area (Å²) >= 11 is 0. The van der Waals surface area contributed by atoms with E-state index in [1.165, 1.54) is 38.0 Å². The van der Waals surface area contributed by atoms with Crippen LogP contribution in [0.4, 0.5) is 5.69 Å². The van der Waals surface area contributed by atoms with Gasteiger partial charge in [0.05, 0.1) is 17.6 Å². The minimum atomic E-state index is 0.528. The average Bonchev–Trinajstić information content (AvgIpc) is 2.30. The number of aromatic nitrogens is 1. The second kappa shape index (κ2) is 4.42. The van der Waals surface area contributed by atoms with Crippen molar-refractivity contribution in [2.24, 2.45) is 5.73 Å². The zero-order valence-corrected chi connectivity index (χ0v) is 8.45.